The van der Waals surface area contributed by atoms with E-state index >= 15 is 0 Å². The van der Waals surface area contributed by atoms with Crippen molar-refractivity contribution in [1.29, 1.82) is 0 Å². The Balaban J connectivity index is 1.92. The molecule has 1 aliphatic rings. The van der Waals surface area contributed by atoms with E-state index in [0.717, 1.165) is 5.56 Å². The highest BCUT2D eigenvalue weighted by Gasteiger charge is 2.27. The fraction of sp³-hybridized carbons (Fsp3) is 0.500. The number of halogens is 3. The topological polar surface area (TPSA) is 46.2 Å². The van der Waals surface area contributed by atoms with Crippen molar-refractivity contribution in [3.05, 3.63) is 32.8 Å². The lowest BCUT2D eigenvalue weighted by atomic mass is 10.1. The molecule has 7 heteroatoms. The van der Waals surface area contributed by atoms with E-state index in [-0.39, 0.29) is 17.4 Å². The lowest BCUT2D eigenvalue weighted by Gasteiger charge is -2.12. The minimum absolute atomic E-state index is 0.168. The van der Waals surface area contributed by atoms with E-state index in [4.69, 9.17) is 34.8 Å². The maximum atomic E-state index is 11.3. The lowest BCUT2D eigenvalue weighted by Crippen LogP contribution is -2.23. The maximum Gasteiger partial charge on any atom is 0.150 e. The van der Waals surface area contributed by atoms with Crippen molar-refractivity contribution in [3.63, 3.8) is 0 Å². The molecule has 1 aromatic rings. The van der Waals surface area contributed by atoms with Gasteiger partial charge in [0.2, 0.25) is 0 Å². The van der Waals surface area contributed by atoms with Crippen LogP contribution in [0.2, 0.25) is 15.1 Å². The molecule has 106 valence electrons. The van der Waals surface area contributed by atoms with Crippen LogP contribution in [0.5, 0.6) is 0 Å². The molecular formula is C12H14Cl3NO2S. The average molecular weight is 343 g/mol. The molecule has 0 amide bonds. The molecule has 3 nitrogen and oxygen atoms in total. The third-order valence-electron chi connectivity index (χ3n) is 3.20. The standard InChI is InChI=1S/C12H14Cl3NO2S/c13-10-1-2-11(14)12(15)9(10)6-16-5-8-3-4-19(17,18)7-8/h1-2,8,16H,3-7H2. The third kappa shape index (κ3) is 3.99. The number of rotatable bonds is 4. The smallest absolute Gasteiger partial charge is 0.150 e. The van der Waals surface area contributed by atoms with E-state index in [9.17, 15) is 8.42 Å². The molecule has 1 aromatic carbocycles. The van der Waals surface area contributed by atoms with Crippen molar-refractivity contribution in [2.75, 3.05) is 18.1 Å². The largest absolute Gasteiger partial charge is 0.312 e. The molecule has 19 heavy (non-hydrogen) atoms. The van der Waals surface area contributed by atoms with E-state index in [1.54, 1.807) is 12.1 Å². The summed E-state index contributed by atoms with van der Waals surface area (Å²) in [5, 5.41) is 4.66. The highest BCUT2D eigenvalue weighted by atomic mass is 35.5. The predicted molar refractivity (Wildman–Crippen MR) is 79.9 cm³/mol. The van der Waals surface area contributed by atoms with Crippen LogP contribution >= 0.6 is 34.8 Å². The normalized spacial score (nSPS) is 21.7. The van der Waals surface area contributed by atoms with Crippen LogP contribution in [0.25, 0.3) is 0 Å². The van der Waals surface area contributed by atoms with Gasteiger partial charge < -0.3 is 5.32 Å². The summed E-state index contributed by atoms with van der Waals surface area (Å²) in [6.07, 6.45) is 0.715. The molecule has 1 fully saturated rings. The van der Waals surface area contributed by atoms with E-state index in [0.29, 0.717) is 34.6 Å². The summed E-state index contributed by atoms with van der Waals surface area (Å²) in [6.45, 7) is 1.12. The van der Waals surface area contributed by atoms with Gasteiger partial charge in [-0.05, 0) is 31.0 Å². The van der Waals surface area contributed by atoms with Gasteiger partial charge in [-0.2, -0.15) is 0 Å². The Hall–Kier alpha value is -0.000000000000000167. The first-order chi connectivity index (χ1) is 8.89. The van der Waals surface area contributed by atoms with Gasteiger partial charge >= 0.3 is 0 Å². The van der Waals surface area contributed by atoms with E-state index in [2.05, 4.69) is 5.32 Å². The minimum Gasteiger partial charge on any atom is -0.312 e. The maximum absolute atomic E-state index is 11.3. The van der Waals surface area contributed by atoms with Crippen LogP contribution in [0.1, 0.15) is 12.0 Å². The molecule has 0 aromatic heterocycles. The SMILES string of the molecule is O=S1(=O)CCC(CNCc2c(Cl)ccc(Cl)c2Cl)C1. The highest BCUT2D eigenvalue weighted by Crippen LogP contribution is 2.31. The van der Waals surface area contributed by atoms with Crippen LogP contribution in [-0.2, 0) is 16.4 Å². The fourth-order valence-electron chi connectivity index (χ4n) is 2.17. The van der Waals surface area contributed by atoms with Crippen molar-refractivity contribution < 1.29 is 8.42 Å². The molecule has 1 heterocycles. The van der Waals surface area contributed by atoms with Crippen molar-refractivity contribution >= 4 is 44.6 Å². The summed E-state index contributed by atoms with van der Waals surface area (Å²) >= 11 is 18.1. The van der Waals surface area contributed by atoms with Gasteiger partial charge in [-0.3, -0.25) is 0 Å². The van der Waals surface area contributed by atoms with Gasteiger partial charge in [-0.25, -0.2) is 8.42 Å². The Morgan fingerprint density at radius 2 is 1.89 bits per heavy atom. The van der Waals surface area contributed by atoms with E-state index in [1.807, 2.05) is 0 Å². The van der Waals surface area contributed by atoms with E-state index in [1.165, 1.54) is 0 Å². The van der Waals surface area contributed by atoms with Crippen molar-refractivity contribution in [3.8, 4) is 0 Å². The Morgan fingerprint density at radius 3 is 2.53 bits per heavy atom. The van der Waals surface area contributed by atoms with E-state index < -0.39 is 9.84 Å². The molecule has 1 unspecified atom stereocenters. The molecule has 0 radical (unpaired) electrons. The molecule has 1 aliphatic heterocycles. The quantitative estimate of drug-likeness (QED) is 0.855. The average Bonchev–Trinajstić information content (AvgIpc) is 2.68. The van der Waals surface area contributed by atoms with Gasteiger partial charge in [0.1, 0.15) is 0 Å². The molecule has 0 bridgehead atoms. The van der Waals surface area contributed by atoms with Gasteiger partial charge in [0.15, 0.2) is 9.84 Å². The van der Waals surface area contributed by atoms with Crippen LogP contribution < -0.4 is 5.32 Å². The van der Waals surface area contributed by atoms with Crippen molar-refractivity contribution in [2.45, 2.75) is 13.0 Å². The molecule has 0 spiro atoms. The second-order valence-electron chi connectivity index (χ2n) is 4.72. The summed E-state index contributed by atoms with van der Waals surface area (Å²) < 4.78 is 22.7. The molecule has 1 N–H and O–H groups in total. The Kier molecular flexibility index (Phi) is 5.01. The van der Waals surface area contributed by atoms with Crippen LogP contribution in [0.4, 0.5) is 0 Å². The molecular weight excluding hydrogens is 329 g/mol. The second kappa shape index (κ2) is 6.19. The first-order valence-electron chi connectivity index (χ1n) is 5.92. The number of nitrogens with one attached hydrogen (secondary N) is 1. The zero-order chi connectivity index (χ0) is 14.0. The minimum atomic E-state index is -2.83. The Bertz CT molecular complexity index is 575. The lowest BCUT2D eigenvalue weighted by molar-refractivity contribution is 0.521. The van der Waals surface area contributed by atoms with Crippen molar-refractivity contribution in [1.82, 2.24) is 5.32 Å². The van der Waals surface area contributed by atoms with Gasteiger partial charge in [-0.15, -0.1) is 0 Å². The number of benzene rings is 1. The van der Waals surface area contributed by atoms with Gasteiger partial charge in [0.05, 0.1) is 21.6 Å². The second-order valence-corrected chi connectivity index (χ2v) is 8.14. The molecule has 1 saturated heterocycles. The highest BCUT2D eigenvalue weighted by molar-refractivity contribution is 7.91. The summed E-state index contributed by atoms with van der Waals surface area (Å²) in [6, 6.07) is 3.35. The summed E-state index contributed by atoms with van der Waals surface area (Å²) in [5.41, 5.74) is 0.747. The summed E-state index contributed by atoms with van der Waals surface area (Å²) in [7, 11) is -2.83. The summed E-state index contributed by atoms with van der Waals surface area (Å²) in [4.78, 5) is 0. The van der Waals surface area contributed by atoms with Crippen LogP contribution in [0.3, 0.4) is 0 Å². The predicted octanol–water partition coefficient (Wildman–Crippen LogP) is 3.17. The molecule has 0 saturated carbocycles. The summed E-state index contributed by atoms with van der Waals surface area (Å²) in [5.74, 6) is 0.719. The third-order valence-corrected chi connectivity index (χ3v) is 6.23. The first-order valence-corrected chi connectivity index (χ1v) is 8.88. The Labute approximate surface area is 128 Å². The van der Waals surface area contributed by atoms with Gasteiger partial charge in [-0.1, -0.05) is 34.8 Å². The van der Waals surface area contributed by atoms with Gasteiger partial charge in [0, 0.05) is 17.1 Å². The molecule has 1 atom stereocenters. The number of hydrogen-bond acceptors (Lipinski definition) is 3. The van der Waals surface area contributed by atoms with Crippen LogP contribution in [0, 0.1) is 5.92 Å². The van der Waals surface area contributed by atoms with Crippen LogP contribution in [-0.4, -0.2) is 26.5 Å². The zero-order valence-corrected chi connectivity index (χ0v) is 13.2. The van der Waals surface area contributed by atoms with Crippen LogP contribution in [0.15, 0.2) is 12.1 Å². The van der Waals surface area contributed by atoms with Crippen molar-refractivity contribution in [2.24, 2.45) is 5.92 Å². The number of sulfone groups is 1. The fourth-order valence-corrected chi connectivity index (χ4v) is 4.71. The number of hydrogen-bond donors (Lipinski definition) is 1. The zero-order valence-electron chi connectivity index (χ0n) is 10.1. The van der Waals surface area contributed by atoms with Gasteiger partial charge in [0.25, 0.3) is 0 Å². The monoisotopic (exact) mass is 341 g/mol. The first kappa shape index (κ1) is 15.4. The Morgan fingerprint density at radius 1 is 1.21 bits per heavy atom. The molecule has 0 aliphatic carbocycles. The molecule has 2 rings (SSSR count).